The zero-order valence-corrected chi connectivity index (χ0v) is 12.8. The van der Waals surface area contributed by atoms with Crippen LogP contribution < -0.4 is 5.32 Å². The molecule has 1 aromatic carbocycles. The van der Waals surface area contributed by atoms with Crippen molar-refractivity contribution in [3.63, 3.8) is 0 Å². The number of thioether (sulfide) groups is 1. The molecule has 1 aromatic heterocycles. The third-order valence-corrected chi connectivity index (χ3v) is 5.14. The molecule has 0 aliphatic heterocycles. The van der Waals surface area contributed by atoms with Crippen LogP contribution in [0.4, 0.5) is 0 Å². The van der Waals surface area contributed by atoms with Gasteiger partial charge in [-0.3, -0.25) is 4.79 Å². The second-order valence-electron chi connectivity index (χ2n) is 3.58. The van der Waals surface area contributed by atoms with E-state index < -0.39 is 0 Å². The van der Waals surface area contributed by atoms with E-state index in [1.165, 1.54) is 16.6 Å². The van der Waals surface area contributed by atoms with Crippen molar-refractivity contribution in [2.75, 3.05) is 5.75 Å². The molecule has 0 unspecified atom stereocenters. The molecule has 1 amide bonds. The van der Waals surface area contributed by atoms with Crippen LogP contribution in [-0.4, -0.2) is 11.7 Å². The van der Waals surface area contributed by atoms with Gasteiger partial charge in [-0.1, -0.05) is 18.2 Å². The molecule has 0 radical (unpaired) electrons. The molecule has 0 saturated carbocycles. The summed E-state index contributed by atoms with van der Waals surface area (Å²) in [5, 5.41) is 4.92. The third kappa shape index (κ3) is 4.15. The summed E-state index contributed by atoms with van der Waals surface area (Å²) < 4.78 is 1.03. The molecule has 1 N–H and O–H groups in total. The first kappa shape index (κ1) is 13.6. The molecule has 94 valence electrons. The predicted molar refractivity (Wildman–Crippen MR) is 81.0 cm³/mol. The quantitative estimate of drug-likeness (QED) is 0.835. The number of rotatable bonds is 5. The number of carbonyl (C=O) groups excluding carboxylic acids is 1. The summed E-state index contributed by atoms with van der Waals surface area (Å²) in [6, 6.07) is 11.9. The Hall–Kier alpha value is -0.780. The average molecular weight is 342 g/mol. The van der Waals surface area contributed by atoms with Gasteiger partial charge in [-0.15, -0.1) is 23.1 Å². The van der Waals surface area contributed by atoms with Crippen LogP contribution in [0.25, 0.3) is 0 Å². The molecular formula is C13H12BrNOS2. The van der Waals surface area contributed by atoms with Crippen molar-refractivity contribution < 1.29 is 4.79 Å². The minimum Gasteiger partial charge on any atom is -0.350 e. The lowest BCUT2D eigenvalue weighted by Gasteiger charge is -2.05. The highest BCUT2D eigenvalue weighted by atomic mass is 79.9. The van der Waals surface area contributed by atoms with Crippen molar-refractivity contribution in [3.8, 4) is 0 Å². The first-order valence-electron chi connectivity index (χ1n) is 5.42. The predicted octanol–water partition coefficient (Wildman–Crippen LogP) is 3.92. The Morgan fingerprint density at radius 3 is 2.83 bits per heavy atom. The Morgan fingerprint density at radius 1 is 1.28 bits per heavy atom. The van der Waals surface area contributed by atoms with E-state index >= 15 is 0 Å². The third-order valence-electron chi connectivity index (χ3n) is 2.24. The van der Waals surface area contributed by atoms with Crippen LogP contribution >= 0.6 is 39.0 Å². The van der Waals surface area contributed by atoms with Gasteiger partial charge in [0.15, 0.2) is 0 Å². The summed E-state index contributed by atoms with van der Waals surface area (Å²) in [5.41, 5.74) is 0. The van der Waals surface area contributed by atoms with Gasteiger partial charge in [-0.05, 0) is 39.5 Å². The highest BCUT2D eigenvalue weighted by Gasteiger charge is 2.05. The summed E-state index contributed by atoms with van der Waals surface area (Å²) in [4.78, 5) is 13.9. The van der Waals surface area contributed by atoms with Crippen LogP contribution in [0.2, 0.25) is 0 Å². The molecule has 0 fully saturated rings. The van der Waals surface area contributed by atoms with Crippen molar-refractivity contribution in [1.82, 2.24) is 5.32 Å². The van der Waals surface area contributed by atoms with Gasteiger partial charge in [0, 0.05) is 14.2 Å². The number of halogens is 1. The van der Waals surface area contributed by atoms with Crippen LogP contribution in [0.1, 0.15) is 4.88 Å². The fraction of sp³-hybridized carbons (Fsp3) is 0.154. The summed E-state index contributed by atoms with van der Waals surface area (Å²) in [6.45, 7) is 0.618. The minimum absolute atomic E-state index is 0.0594. The summed E-state index contributed by atoms with van der Waals surface area (Å²) >= 11 is 6.66. The number of hydrogen-bond donors (Lipinski definition) is 1. The van der Waals surface area contributed by atoms with E-state index in [4.69, 9.17) is 0 Å². The van der Waals surface area contributed by atoms with Gasteiger partial charge in [0.2, 0.25) is 5.91 Å². The van der Waals surface area contributed by atoms with E-state index in [1.807, 2.05) is 41.8 Å². The Morgan fingerprint density at radius 2 is 2.11 bits per heavy atom. The molecule has 5 heteroatoms. The molecule has 2 nitrogen and oxygen atoms in total. The number of thiophene rings is 1. The maximum atomic E-state index is 11.7. The SMILES string of the molecule is O=C(CSc1ccccc1Br)NCc1cccs1. The van der Waals surface area contributed by atoms with E-state index in [9.17, 15) is 4.79 Å². The molecule has 0 spiro atoms. The number of nitrogens with one attached hydrogen (secondary N) is 1. The fourth-order valence-electron chi connectivity index (χ4n) is 1.35. The van der Waals surface area contributed by atoms with E-state index in [0.717, 1.165) is 9.37 Å². The normalized spacial score (nSPS) is 10.3. The minimum atomic E-state index is 0.0594. The first-order valence-corrected chi connectivity index (χ1v) is 8.08. The average Bonchev–Trinajstić information content (AvgIpc) is 2.88. The Balaban J connectivity index is 1.77. The van der Waals surface area contributed by atoms with E-state index in [-0.39, 0.29) is 5.91 Å². The van der Waals surface area contributed by atoms with Crippen LogP contribution in [0.5, 0.6) is 0 Å². The second kappa shape index (κ2) is 6.97. The molecule has 1 heterocycles. The maximum absolute atomic E-state index is 11.7. The van der Waals surface area contributed by atoms with Crippen molar-refractivity contribution >= 4 is 44.9 Å². The lowest BCUT2D eigenvalue weighted by molar-refractivity contribution is -0.118. The standard InChI is InChI=1S/C13H12BrNOS2/c14-11-5-1-2-6-12(11)18-9-13(16)15-8-10-4-3-7-17-10/h1-7H,8-9H2,(H,15,16). The van der Waals surface area contributed by atoms with Gasteiger partial charge in [0.05, 0.1) is 12.3 Å². The number of benzene rings is 1. The van der Waals surface area contributed by atoms with E-state index in [0.29, 0.717) is 12.3 Å². The highest BCUT2D eigenvalue weighted by molar-refractivity contribution is 9.10. The van der Waals surface area contributed by atoms with Gasteiger partial charge in [-0.25, -0.2) is 0 Å². The highest BCUT2D eigenvalue weighted by Crippen LogP contribution is 2.26. The van der Waals surface area contributed by atoms with Crippen molar-refractivity contribution in [2.45, 2.75) is 11.4 Å². The molecule has 0 aliphatic carbocycles. The number of hydrogen-bond acceptors (Lipinski definition) is 3. The molecular weight excluding hydrogens is 330 g/mol. The second-order valence-corrected chi connectivity index (χ2v) is 6.48. The van der Waals surface area contributed by atoms with Gasteiger partial charge >= 0.3 is 0 Å². The first-order chi connectivity index (χ1) is 8.75. The van der Waals surface area contributed by atoms with Crippen LogP contribution in [-0.2, 0) is 11.3 Å². The summed E-state index contributed by atoms with van der Waals surface area (Å²) in [7, 11) is 0. The van der Waals surface area contributed by atoms with Crippen molar-refractivity contribution in [3.05, 3.63) is 51.1 Å². The van der Waals surface area contributed by atoms with E-state index in [1.54, 1.807) is 11.3 Å². The fourth-order valence-corrected chi connectivity index (χ4v) is 3.40. The molecule has 0 aliphatic rings. The number of amides is 1. The van der Waals surface area contributed by atoms with Gasteiger partial charge < -0.3 is 5.32 Å². The molecule has 18 heavy (non-hydrogen) atoms. The Kier molecular flexibility index (Phi) is 5.28. The largest absolute Gasteiger partial charge is 0.350 e. The zero-order valence-electron chi connectivity index (χ0n) is 9.56. The lowest BCUT2D eigenvalue weighted by atomic mass is 10.4. The zero-order chi connectivity index (χ0) is 12.8. The lowest BCUT2D eigenvalue weighted by Crippen LogP contribution is -2.24. The monoisotopic (exact) mass is 341 g/mol. The molecule has 2 rings (SSSR count). The van der Waals surface area contributed by atoms with Crippen molar-refractivity contribution in [1.29, 1.82) is 0 Å². The maximum Gasteiger partial charge on any atom is 0.230 e. The topological polar surface area (TPSA) is 29.1 Å². The molecule has 0 saturated heterocycles. The van der Waals surface area contributed by atoms with Gasteiger partial charge in [0.1, 0.15) is 0 Å². The Labute approximate surface area is 123 Å². The van der Waals surface area contributed by atoms with Crippen LogP contribution in [0, 0.1) is 0 Å². The van der Waals surface area contributed by atoms with E-state index in [2.05, 4.69) is 21.2 Å². The van der Waals surface area contributed by atoms with Crippen LogP contribution in [0.15, 0.2) is 51.1 Å². The van der Waals surface area contributed by atoms with Crippen molar-refractivity contribution in [2.24, 2.45) is 0 Å². The smallest absolute Gasteiger partial charge is 0.230 e. The molecule has 0 atom stereocenters. The summed E-state index contributed by atoms with van der Waals surface area (Å²) in [6.07, 6.45) is 0. The molecule has 0 bridgehead atoms. The molecule has 2 aromatic rings. The van der Waals surface area contributed by atoms with Gasteiger partial charge in [-0.2, -0.15) is 0 Å². The summed E-state index contributed by atoms with van der Waals surface area (Å²) in [5.74, 6) is 0.498. The van der Waals surface area contributed by atoms with Crippen LogP contribution in [0.3, 0.4) is 0 Å². The number of carbonyl (C=O) groups is 1. The Bertz CT molecular complexity index is 513. The van der Waals surface area contributed by atoms with Gasteiger partial charge in [0.25, 0.3) is 0 Å².